The number of benzene rings is 1. The van der Waals surface area contributed by atoms with Crippen LogP contribution in [-0.2, 0) is 32.0 Å². The van der Waals surface area contributed by atoms with E-state index < -0.39 is 12.1 Å². The van der Waals surface area contributed by atoms with Gasteiger partial charge in [0.2, 0.25) is 23.6 Å². The fourth-order valence-corrected chi connectivity index (χ4v) is 4.87. The number of amides is 4. The van der Waals surface area contributed by atoms with Crippen LogP contribution in [-0.4, -0.2) is 79.3 Å². The molecule has 0 unspecified atom stereocenters. The van der Waals surface area contributed by atoms with Crippen molar-refractivity contribution in [3.63, 3.8) is 0 Å². The summed E-state index contributed by atoms with van der Waals surface area (Å²) in [5.74, 6) is -0.190. The first kappa shape index (κ1) is 28.2. The van der Waals surface area contributed by atoms with Crippen molar-refractivity contribution in [2.45, 2.75) is 51.1 Å². The van der Waals surface area contributed by atoms with Crippen LogP contribution in [0.15, 0.2) is 41.8 Å². The number of hydrogen-bond acceptors (Lipinski definition) is 6. The van der Waals surface area contributed by atoms with Crippen molar-refractivity contribution in [2.24, 2.45) is 0 Å². The van der Waals surface area contributed by atoms with Gasteiger partial charge in [0.15, 0.2) is 0 Å². The molecular weight excluding hydrogens is 492 g/mol. The lowest BCUT2D eigenvalue weighted by Gasteiger charge is -2.29. The van der Waals surface area contributed by atoms with Gasteiger partial charge in [0.1, 0.15) is 17.8 Å². The molecule has 1 fully saturated rings. The molecular formula is C27H36N4O5S. The minimum absolute atomic E-state index is 0.000775. The van der Waals surface area contributed by atoms with E-state index in [1.807, 2.05) is 29.6 Å². The fourth-order valence-electron chi connectivity index (χ4n) is 4.17. The van der Waals surface area contributed by atoms with Crippen molar-refractivity contribution in [3.05, 3.63) is 52.2 Å². The average molecular weight is 529 g/mol. The zero-order chi connectivity index (χ0) is 26.8. The van der Waals surface area contributed by atoms with Gasteiger partial charge in [-0.15, -0.1) is 11.3 Å². The molecule has 1 aliphatic heterocycles. The first-order chi connectivity index (χ1) is 17.8. The van der Waals surface area contributed by atoms with Gasteiger partial charge in [-0.1, -0.05) is 18.2 Å². The van der Waals surface area contributed by atoms with Crippen molar-refractivity contribution in [2.75, 3.05) is 33.8 Å². The van der Waals surface area contributed by atoms with Gasteiger partial charge in [-0.2, -0.15) is 0 Å². The second-order valence-electron chi connectivity index (χ2n) is 9.18. The zero-order valence-electron chi connectivity index (χ0n) is 21.7. The highest BCUT2D eigenvalue weighted by Gasteiger charge is 2.30. The predicted octanol–water partition coefficient (Wildman–Crippen LogP) is 2.00. The minimum Gasteiger partial charge on any atom is -0.497 e. The Morgan fingerprint density at radius 3 is 2.51 bits per heavy atom. The highest BCUT2D eigenvalue weighted by atomic mass is 32.1. The van der Waals surface area contributed by atoms with Crippen LogP contribution in [0.2, 0.25) is 0 Å². The maximum atomic E-state index is 13.4. The van der Waals surface area contributed by atoms with E-state index in [0.29, 0.717) is 44.6 Å². The molecule has 1 aromatic carbocycles. The number of methoxy groups -OCH3 is 1. The molecule has 0 bridgehead atoms. The number of hydrogen-bond donors (Lipinski definition) is 2. The number of carbonyl (C=O) groups is 4. The van der Waals surface area contributed by atoms with E-state index in [1.165, 1.54) is 16.2 Å². The SMILES string of the molecule is COc1ccc(C[C@@H]2NC(=O)CCCN(C(=O)Cc3cccs3)CCCNC(=O)[C@H](C)N(C)C2=O)cc1. The van der Waals surface area contributed by atoms with Crippen LogP contribution in [0.1, 0.15) is 36.6 Å². The summed E-state index contributed by atoms with van der Waals surface area (Å²) in [6, 6.07) is 9.60. The van der Waals surface area contributed by atoms with Crippen LogP contribution in [0.4, 0.5) is 0 Å². The van der Waals surface area contributed by atoms with Gasteiger partial charge >= 0.3 is 0 Å². The highest BCUT2D eigenvalue weighted by Crippen LogP contribution is 2.15. The van der Waals surface area contributed by atoms with E-state index in [0.717, 1.165) is 10.4 Å². The molecule has 2 atom stereocenters. The molecule has 1 aliphatic rings. The lowest BCUT2D eigenvalue weighted by molar-refractivity contribution is -0.141. The van der Waals surface area contributed by atoms with E-state index in [-0.39, 0.29) is 36.5 Å². The van der Waals surface area contributed by atoms with Crippen molar-refractivity contribution in [3.8, 4) is 5.75 Å². The molecule has 2 N–H and O–H groups in total. The van der Waals surface area contributed by atoms with Crippen molar-refractivity contribution >= 4 is 35.0 Å². The highest BCUT2D eigenvalue weighted by molar-refractivity contribution is 7.10. The number of thiophene rings is 1. The Kier molecular flexibility index (Phi) is 10.5. The van der Waals surface area contributed by atoms with Crippen LogP contribution in [0, 0.1) is 0 Å². The standard InChI is InChI=1S/C27H36N4O5S/c1-19-26(34)28-13-6-15-31(25(33)18-22-7-5-16-37-22)14-4-8-24(32)29-23(27(35)30(19)2)17-20-9-11-21(36-3)12-10-20/h5,7,9-12,16,19,23H,4,6,8,13-15,17-18H2,1-3H3,(H,28,34)(H,29,32)/t19-,23-/m0/s1. The van der Waals surface area contributed by atoms with Crippen molar-refractivity contribution in [1.29, 1.82) is 0 Å². The largest absolute Gasteiger partial charge is 0.497 e. The molecule has 9 nitrogen and oxygen atoms in total. The van der Waals surface area contributed by atoms with E-state index in [2.05, 4.69) is 10.6 Å². The van der Waals surface area contributed by atoms with Gasteiger partial charge in [0.25, 0.3) is 0 Å². The maximum Gasteiger partial charge on any atom is 0.245 e. The van der Waals surface area contributed by atoms with Gasteiger partial charge in [-0.05, 0) is 48.9 Å². The molecule has 2 aromatic rings. The second-order valence-corrected chi connectivity index (χ2v) is 10.2. The monoisotopic (exact) mass is 528 g/mol. The minimum atomic E-state index is -0.831. The summed E-state index contributed by atoms with van der Waals surface area (Å²) < 4.78 is 5.20. The second kappa shape index (κ2) is 13.8. The van der Waals surface area contributed by atoms with Gasteiger partial charge in [0, 0.05) is 44.4 Å². The number of likely N-dealkylation sites (N-methyl/N-ethyl adjacent to an activating group) is 1. The first-order valence-corrected chi connectivity index (χ1v) is 13.4. The fraction of sp³-hybridized carbons (Fsp3) is 0.481. The van der Waals surface area contributed by atoms with E-state index in [1.54, 1.807) is 38.1 Å². The normalized spacial score (nSPS) is 20.5. The van der Waals surface area contributed by atoms with Gasteiger partial charge < -0.3 is 25.2 Å². The Morgan fingerprint density at radius 2 is 1.84 bits per heavy atom. The van der Waals surface area contributed by atoms with E-state index >= 15 is 0 Å². The number of ether oxygens (including phenoxy) is 1. The van der Waals surface area contributed by atoms with Crippen LogP contribution in [0.3, 0.4) is 0 Å². The molecule has 0 radical (unpaired) electrons. The molecule has 0 saturated carbocycles. The van der Waals surface area contributed by atoms with Crippen LogP contribution in [0.25, 0.3) is 0 Å². The van der Waals surface area contributed by atoms with Crippen LogP contribution < -0.4 is 15.4 Å². The van der Waals surface area contributed by atoms with Crippen molar-refractivity contribution < 1.29 is 23.9 Å². The summed E-state index contributed by atoms with van der Waals surface area (Å²) in [5.41, 5.74) is 0.855. The Hall–Kier alpha value is -3.40. The first-order valence-electron chi connectivity index (χ1n) is 12.5. The Bertz CT molecular complexity index is 1060. The summed E-state index contributed by atoms with van der Waals surface area (Å²) in [6.45, 7) is 2.96. The Morgan fingerprint density at radius 1 is 1.11 bits per heavy atom. The summed E-state index contributed by atoms with van der Waals surface area (Å²) in [4.78, 5) is 56.0. The van der Waals surface area contributed by atoms with Crippen LogP contribution in [0.5, 0.6) is 5.75 Å². The molecule has 2 heterocycles. The molecule has 4 amide bonds. The van der Waals surface area contributed by atoms with Crippen molar-refractivity contribution in [1.82, 2.24) is 20.4 Å². The molecule has 200 valence electrons. The summed E-state index contributed by atoms with van der Waals surface area (Å²) in [7, 11) is 3.15. The third kappa shape index (κ3) is 8.31. The Balaban J connectivity index is 1.74. The summed E-state index contributed by atoms with van der Waals surface area (Å²) in [6.07, 6.45) is 1.84. The number of nitrogens with zero attached hydrogens (tertiary/aromatic N) is 2. The molecule has 3 rings (SSSR count). The maximum absolute atomic E-state index is 13.4. The van der Waals surface area contributed by atoms with Gasteiger partial charge in [-0.25, -0.2) is 0 Å². The molecule has 1 saturated heterocycles. The zero-order valence-corrected chi connectivity index (χ0v) is 22.5. The number of carbonyl (C=O) groups excluding carboxylic acids is 4. The lowest BCUT2D eigenvalue weighted by atomic mass is 10.0. The summed E-state index contributed by atoms with van der Waals surface area (Å²) in [5, 5.41) is 7.68. The molecule has 37 heavy (non-hydrogen) atoms. The Labute approximate surface area is 222 Å². The average Bonchev–Trinajstić information content (AvgIpc) is 3.41. The number of nitrogens with one attached hydrogen (secondary N) is 2. The third-order valence-corrected chi connectivity index (χ3v) is 7.41. The summed E-state index contributed by atoms with van der Waals surface area (Å²) >= 11 is 1.54. The topological polar surface area (TPSA) is 108 Å². The smallest absolute Gasteiger partial charge is 0.245 e. The quantitative estimate of drug-likeness (QED) is 0.617. The molecule has 10 heteroatoms. The molecule has 1 aromatic heterocycles. The van der Waals surface area contributed by atoms with Gasteiger partial charge in [0.05, 0.1) is 13.5 Å². The molecule has 0 spiro atoms. The molecule has 0 aliphatic carbocycles. The van der Waals surface area contributed by atoms with E-state index in [4.69, 9.17) is 4.74 Å². The predicted molar refractivity (Wildman–Crippen MR) is 142 cm³/mol. The number of rotatable bonds is 5. The van der Waals surface area contributed by atoms with Gasteiger partial charge in [-0.3, -0.25) is 19.2 Å². The van der Waals surface area contributed by atoms with E-state index in [9.17, 15) is 19.2 Å². The van der Waals surface area contributed by atoms with Crippen LogP contribution >= 0.6 is 11.3 Å². The third-order valence-electron chi connectivity index (χ3n) is 6.53. The lowest BCUT2D eigenvalue weighted by Crippen LogP contribution is -2.54.